The van der Waals surface area contributed by atoms with E-state index in [-0.39, 0.29) is 17.3 Å². The zero-order valence-electron chi connectivity index (χ0n) is 15.2. The molecule has 156 valence electrons. The van der Waals surface area contributed by atoms with Crippen LogP contribution in [0.3, 0.4) is 0 Å². The standard InChI is InChI=1S/C18H14F3N5O4/c19-18(20,21)11-22-15(27)10-30-17(28)14(9-13-7-4-8-29-13)26-16(23-24-25-26)12-5-2-1-3-6-12/h1-9H,10-11H2,(H,22,27). The van der Waals surface area contributed by atoms with E-state index in [2.05, 4.69) is 15.5 Å². The van der Waals surface area contributed by atoms with E-state index in [1.165, 1.54) is 12.3 Å². The second kappa shape index (κ2) is 9.03. The molecule has 1 amide bonds. The maximum absolute atomic E-state index is 12.6. The number of ether oxygens (including phenoxy) is 1. The van der Waals surface area contributed by atoms with E-state index in [1.807, 2.05) is 0 Å². The molecule has 0 atom stereocenters. The number of carbonyl (C=O) groups is 2. The molecule has 9 nitrogen and oxygen atoms in total. The van der Waals surface area contributed by atoms with E-state index in [4.69, 9.17) is 9.15 Å². The van der Waals surface area contributed by atoms with E-state index in [0.29, 0.717) is 5.56 Å². The first-order chi connectivity index (χ1) is 14.3. The number of hydrogen-bond acceptors (Lipinski definition) is 7. The Balaban J connectivity index is 1.82. The minimum atomic E-state index is -4.58. The van der Waals surface area contributed by atoms with Gasteiger partial charge in [0.25, 0.3) is 5.91 Å². The van der Waals surface area contributed by atoms with Gasteiger partial charge < -0.3 is 14.5 Å². The first-order valence-electron chi connectivity index (χ1n) is 8.43. The second-order valence-electron chi connectivity index (χ2n) is 5.79. The number of furan rings is 1. The fourth-order valence-electron chi connectivity index (χ4n) is 2.29. The third-order valence-electron chi connectivity index (χ3n) is 3.58. The van der Waals surface area contributed by atoms with Crippen LogP contribution in [0.5, 0.6) is 0 Å². The molecule has 1 N–H and O–H groups in total. The Hall–Kier alpha value is -3.96. The van der Waals surface area contributed by atoms with Gasteiger partial charge in [-0.1, -0.05) is 30.3 Å². The van der Waals surface area contributed by atoms with Crippen LogP contribution in [-0.2, 0) is 14.3 Å². The van der Waals surface area contributed by atoms with Crippen molar-refractivity contribution in [2.45, 2.75) is 6.18 Å². The Morgan fingerprint density at radius 1 is 1.17 bits per heavy atom. The summed E-state index contributed by atoms with van der Waals surface area (Å²) in [5, 5.41) is 12.8. The molecule has 2 heterocycles. The molecule has 0 aliphatic carbocycles. The number of carbonyl (C=O) groups excluding carboxylic acids is 2. The van der Waals surface area contributed by atoms with Gasteiger partial charge in [0.1, 0.15) is 12.3 Å². The Morgan fingerprint density at radius 2 is 1.93 bits per heavy atom. The molecule has 0 saturated heterocycles. The number of nitrogens with one attached hydrogen (secondary N) is 1. The highest BCUT2D eigenvalue weighted by atomic mass is 19.4. The number of rotatable bonds is 7. The normalized spacial score (nSPS) is 11.9. The number of hydrogen-bond donors (Lipinski definition) is 1. The Morgan fingerprint density at radius 3 is 2.60 bits per heavy atom. The third-order valence-corrected chi connectivity index (χ3v) is 3.58. The van der Waals surface area contributed by atoms with Crippen LogP contribution in [0.25, 0.3) is 23.2 Å². The van der Waals surface area contributed by atoms with Gasteiger partial charge in [-0.05, 0) is 22.6 Å². The molecule has 0 radical (unpaired) electrons. The maximum Gasteiger partial charge on any atom is 0.405 e. The molecular formula is C18H14F3N5O4. The van der Waals surface area contributed by atoms with Crippen molar-refractivity contribution in [3.05, 3.63) is 54.5 Å². The van der Waals surface area contributed by atoms with Crippen LogP contribution in [-0.4, -0.2) is 51.4 Å². The maximum atomic E-state index is 12.6. The Kier molecular flexibility index (Phi) is 6.25. The van der Waals surface area contributed by atoms with Crippen molar-refractivity contribution in [3.63, 3.8) is 0 Å². The molecule has 12 heteroatoms. The van der Waals surface area contributed by atoms with Gasteiger partial charge in [-0.25, -0.2) is 4.79 Å². The number of amides is 1. The number of alkyl halides is 3. The molecule has 1 aromatic carbocycles. The molecule has 0 aliphatic heterocycles. The van der Waals surface area contributed by atoms with Gasteiger partial charge in [0.05, 0.1) is 6.26 Å². The molecule has 0 unspecified atom stereocenters. The summed E-state index contributed by atoms with van der Waals surface area (Å²) in [7, 11) is 0. The number of aromatic nitrogens is 4. The smallest absolute Gasteiger partial charge is 0.405 e. The van der Waals surface area contributed by atoms with E-state index >= 15 is 0 Å². The fourth-order valence-corrected chi connectivity index (χ4v) is 2.29. The Bertz CT molecular complexity index is 1030. The van der Waals surface area contributed by atoms with Crippen molar-refractivity contribution < 1.29 is 31.9 Å². The van der Waals surface area contributed by atoms with Crippen molar-refractivity contribution in [1.82, 2.24) is 25.5 Å². The summed E-state index contributed by atoms with van der Waals surface area (Å²) in [5.41, 5.74) is 0.376. The SMILES string of the molecule is O=C(COC(=O)C(=Cc1ccco1)n1nnnc1-c1ccccc1)NCC(F)(F)F. The lowest BCUT2D eigenvalue weighted by atomic mass is 10.2. The van der Waals surface area contributed by atoms with Crippen molar-refractivity contribution in [2.24, 2.45) is 0 Å². The summed E-state index contributed by atoms with van der Waals surface area (Å²) in [4.78, 5) is 24.1. The summed E-state index contributed by atoms with van der Waals surface area (Å²) >= 11 is 0. The van der Waals surface area contributed by atoms with Crippen LogP contribution in [0.4, 0.5) is 13.2 Å². The summed E-state index contributed by atoms with van der Waals surface area (Å²) < 4.78 is 47.7. The number of nitrogens with zero attached hydrogens (tertiary/aromatic N) is 4. The third kappa shape index (κ3) is 5.53. The molecule has 0 spiro atoms. The van der Waals surface area contributed by atoms with Gasteiger partial charge in [-0.15, -0.1) is 5.10 Å². The van der Waals surface area contributed by atoms with Crippen molar-refractivity contribution in [1.29, 1.82) is 0 Å². The molecule has 3 aromatic rings. The van der Waals surface area contributed by atoms with Gasteiger partial charge in [0, 0.05) is 11.6 Å². The second-order valence-corrected chi connectivity index (χ2v) is 5.79. The number of tetrazole rings is 1. The summed E-state index contributed by atoms with van der Waals surface area (Å²) in [6, 6.07) is 11.8. The van der Waals surface area contributed by atoms with Crippen LogP contribution < -0.4 is 5.32 Å². The van der Waals surface area contributed by atoms with E-state index < -0.39 is 31.2 Å². The van der Waals surface area contributed by atoms with Crippen LogP contribution in [0, 0.1) is 0 Å². The zero-order valence-corrected chi connectivity index (χ0v) is 15.2. The molecule has 0 fully saturated rings. The van der Waals surface area contributed by atoms with Crippen LogP contribution >= 0.6 is 0 Å². The molecule has 0 saturated carbocycles. The molecule has 2 aromatic heterocycles. The number of benzene rings is 1. The highest BCUT2D eigenvalue weighted by Crippen LogP contribution is 2.21. The predicted octanol–water partition coefficient (Wildman–Crippen LogP) is 2.15. The highest BCUT2D eigenvalue weighted by Gasteiger charge is 2.28. The largest absolute Gasteiger partial charge is 0.465 e. The van der Waals surface area contributed by atoms with Crippen LogP contribution in [0.15, 0.2) is 53.1 Å². The fraction of sp³-hybridized carbons (Fsp3) is 0.167. The molecule has 30 heavy (non-hydrogen) atoms. The van der Waals surface area contributed by atoms with Crippen molar-refractivity contribution in [3.8, 4) is 11.4 Å². The van der Waals surface area contributed by atoms with Gasteiger partial charge >= 0.3 is 12.1 Å². The minimum absolute atomic E-state index is 0.201. The number of halogens is 3. The van der Waals surface area contributed by atoms with E-state index in [9.17, 15) is 22.8 Å². The molecular weight excluding hydrogens is 407 g/mol. The molecule has 0 bridgehead atoms. The van der Waals surface area contributed by atoms with Gasteiger partial charge in [0.2, 0.25) is 0 Å². The van der Waals surface area contributed by atoms with Crippen molar-refractivity contribution in [2.75, 3.05) is 13.2 Å². The highest BCUT2D eigenvalue weighted by molar-refractivity contribution is 6.15. The average molecular weight is 421 g/mol. The summed E-state index contributed by atoms with van der Waals surface area (Å²) in [6.07, 6.45) is -1.93. The van der Waals surface area contributed by atoms with Gasteiger partial charge in [0.15, 0.2) is 18.1 Å². The lowest BCUT2D eigenvalue weighted by Gasteiger charge is -2.11. The Labute approximate surface area is 167 Å². The van der Waals surface area contributed by atoms with Gasteiger partial charge in [-0.3, -0.25) is 4.79 Å². The summed E-state index contributed by atoms with van der Waals surface area (Å²) in [5.74, 6) is -1.69. The first-order valence-corrected chi connectivity index (χ1v) is 8.43. The topological polar surface area (TPSA) is 112 Å². The lowest BCUT2D eigenvalue weighted by molar-refractivity contribution is -0.147. The van der Waals surface area contributed by atoms with Crippen molar-refractivity contribution >= 4 is 23.6 Å². The van der Waals surface area contributed by atoms with Crippen LogP contribution in [0.2, 0.25) is 0 Å². The van der Waals surface area contributed by atoms with Crippen LogP contribution in [0.1, 0.15) is 5.76 Å². The predicted molar refractivity (Wildman–Crippen MR) is 96.2 cm³/mol. The zero-order chi connectivity index (χ0) is 21.6. The quantitative estimate of drug-likeness (QED) is 0.460. The molecule has 0 aliphatic rings. The molecule has 3 rings (SSSR count). The summed E-state index contributed by atoms with van der Waals surface area (Å²) in [6.45, 7) is -2.46. The first kappa shape index (κ1) is 20.8. The average Bonchev–Trinajstić information content (AvgIpc) is 3.40. The van der Waals surface area contributed by atoms with E-state index in [0.717, 1.165) is 4.68 Å². The monoisotopic (exact) mass is 421 g/mol. The minimum Gasteiger partial charge on any atom is -0.465 e. The lowest BCUT2D eigenvalue weighted by Crippen LogP contribution is -2.36. The number of esters is 1. The van der Waals surface area contributed by atoms with E-state index in [1.54, 1.807) is 47.8 Å². The van der Waals surface area contributed by atoms with Gasteiger partial charge in [-0.2, -0.15) is 17.9 Å².